The predicted molar refractivity (Wildman–Crippen MR) is 81.0 cm³/mol. The largest absolute Gasteiger partial charge is 0.469 e. The van der Waals surface area contributed by atoms with Gasteiger partial charge in [0.15, 0.2) is 0 Å². The standard InChI is InChI=1S/C16H31NO2/c1-19-16(18)14-12-10-8-6-4-2-3-5-7-9-11-13-15-17/h6,8H,2-5,7,9-15,17H2,1H3/b8-6-. The van der Waals surface area contributed by atoms with Crippen LogP contribution in [0.25, 0.3) is 0 Å². The van der Waals surface area contributed by atoms with Gasteiger partial charge in [-0.05, 0) is 38.6 Å². The van der Waals surface area contributed by atoms with Crippen LogP contribution in [0.4, 0.5) is 0 Å². The second-order valence-electron chi connectivity index (χ2n) is 4.99. The van der Waals surface area contributed by atoms with Crippen molar-refractivity contribution in [2.24, 2.45) is 5.73 Å². The van der Waals surface area contributed by atoms with E-state index in [0.29, 0.717) is 6.42 Å². The molecule has 0 aromatic carbocycles. The van der Waals surface area contributed by atoms with Crippen LogP contribution in [0.2, 0.25) is 0 Å². The van der Waals surface area contributed by atoms with Crippen LogP contribution in [0.3, 0.4) is 0 Å². The Morgan fingerprint density at radius 2 is 1.42 bits per heavy atom. The smallest absolute Gasteiger partial charge is 0.305 e. The van der Waals surface area contributed by atoms with Crippen molar-refractivity contribution < 1.29 is 9.53 Å². The molecular formula is C16H31NO2. The van der Waals surface area contributed by atoms with Crippen LogP contribution in [0.15, 0.2) is 12.2 Å². The van der Waals surface area contributed by atoms with Crippen LogP contribution in [0.5, 0.6) is 0 Å². The molecule has 0 spiro atoms. The number of hydrogen-bond donors (Lipinski definition) is 1. The normalized spacial score (nSPS) is 11.1. The van der Waals surface area contributed by atoms with E-state index in [4.69, 9.17) is 5.73 Å². The predicted octanol–water partition coefficient (Wildman–Crippen LogP) is 3.97. The minimum Gasteiger partial charge on any atom is -0.469 e. The Morgan fingerprint density at radius 3 is 2.00 bits per heavy atom. The highest BCUT2D eigenvalue weighted by Crippen LogP contribution is 2.09. The molecule has 0 heterocycles. The van der Waals surface area contributed by atoms with E-state index in [-0.39, 0.29) is 5.97 Å². The van der Waals surface area contributed by atoms with Gasteiger partial charge in [-0.1, -0.05) is 44.3 Å². The van der Waals surface area contributed by atoms with Crippen LogP contribution >= 0.6 is 0 Å². The molecule has 0 aliphatic heterocycles. The Bertz CT molecular complexity index is 227. The molecule has 2 N–H and O–H groups in total. The molecule has 0 aromatic rings. The van der Waals surface area contributed by atoms with E-state index in [0.717, 1.165) is 19.4 Å². The van der Waals surface area contributed by atoms with E-state index in [2.05, 4.69) is 16.9 Å². The Kier molecular flexibility index (Phi) is 14.6. The van der Waals surface area contributed by atoms with Crippen molar-refractivity contribution in [3.8, 4) is 0 Å². The quantitative estimate of drug-likeness (QED) is 0.313. The molecule has 0 fully saturated rings. The molecule has 0 unspecified atom stereocenters. The number of nitrogens with two attached hydrogens (primary N) is 1. The number of carbonyl (C=O) groups is 1. The molecule has 0 saturated carbocycles. The molecule has 0 bridgehead atoms. The van der Waals surface area contributed by atoms with Crippen molar-refractivity contribution in [3.05, 3.63) is 12.2 Å². The van der Waals surface area contributed by atoms with Crippen LogP contribution < -0.4 is 5.73 Å². The summed E-state index contributed by atoms with van der Waals surface area (Å²) in [7, 11) is 1.44. The van der Waals surface area contributed by atoms with Gasteiger partial charge in [-0.2, -0.15) is 0 Å². The van der Waals surface area contributed by atoms with Crippen molar-refractivity contribution in [2.75, 3.05) is 13.7 Å². The fraction of sp³-hybridized carbons (Fsp3) is 0.812. The fourth-order valence-electron chi connectivity index (χ4n) is 1.99. The Morgan fingerprint density at radius 1 is 0.895 bits per heavy atom. The molecule has 3 heteroatoms. The third-order valence-corrected chi connectivity index (χ3v) is 3.22. The van der Waals surface area contributed by atoms with Gasteiger partial charge in [0.2, 0.25) is 0 Å². The highest BCUT2D eigenvalue weighted by Gasteiger charge is 1.96. The average molecular weight is 269 g/mol. The summed E-state index contributed by atoms with van der Waals surface area (Å²) in [6, 6.07) is 0. The van der Waals surface area contributed by atoms with Crippen molar-refractivity contribution >= 4 is 5.97 Å². The summed E-state index contributed by atoms with van der Waals surface area (Å²) in [5, 5.41) is 0. The van der Waals surface area contributed by atoms with Crippen molar-refractivity contribution in [3.63, 3.8) is 0 Å². The molecule has 0 rings (SSSR count). The third-order valence-electron chi connectivity index (χ3n) is 3.22. The lowest BCUT2D eigenvalue weighted by atomic mass is 10.1. The molecular weight excluding hydrogens is 238 g/mol. The summed E-state index contributed by atoms with van der Waals surface area (Å²) in [6.45, 7) is 0.834. The molecule has 0 atom stereocenters. The summed E-state index contributed by atoms with van der Waals surface area (Å²) in [5.41, 5.74) is 5.45. The average Bonchev–Trinajstić information content (AvgIpc) is 2.43. The first-order valence-electron chi connectivity index (χ1n) is 7.73. The van der Waals surface area contributed by atoms with Crippen LogP contribution in [0.1, 0.15) is 70.6 Å². The fourth-order valence-corrected chi connectivity index (χ4v) is 1.99. The van der Waals surface area contributed by atoms with E-state index in [1.54, 1.807) is 0 Å². The zero-order valence-corrected chi connectivity index (χ0v) is 12.5. The van der Waals surface area contributed by atoms with Gasteiger partial charge in [0.05, 0.1) is 7.11 Å². The van der Waals surface area contributed by atoms with E-state index in [1.807, 2.05) is 0 Å². The van der Waals surface area contributed by atoms with Gasteiger partial charge >= 0.3 is 5.97 Å². The molecule has 0 aliphatic rings. The van der Waals surface area contributed by atoms with Gasteiger partial charge < -0.3 is 10.5 Å². The van der Waals surface area contributed by atoms with Gasteiger partial charge in [-0.3, -0.25) is 4.79 Å². The number of hydrogen-bond acceptors (Lipinski definition) is 3. The lowest BCUT2D eigenvalue weighted by Crippen LogP contribution is -1.98. The number of allylic oxidation sites excluding steroid dienone is 2. The zero-order chi connectivity index (χ0) is 14.2. The molecule has 0 amide bonds. The van der Waals surface area contributed by atoms with Crippen LogP contribution in [-0.2, 0) is 9.53 Å². The molecule has 19 heavy (non-hydrogen) atoms. The first kappa shape index (κ1) is 18.2. The molecule has 0 saturated heterocycles. The highest BCUT2D eigenvalue weighted by atomic mass is 16.5. The number of ether oxygens (including phenoxy) is 1. The number of methoxy groups -OCH3 is 1. The Hall–Kier alpha value is -0.830. The van der Waals surface area contributed by atoms with Gasteiger partial charge in [0.1, 0.15) is 0 Å². The first-order chi connectivity index (χ1) is 9.31. The summed E-state index contributed by atoms with van der Waals surface area (Å²) in [6.07, 6.45) is 17.1. The summed E-state index contributed by atoms with van der Waals surface area (Å²) >= 11 is 0. The zero-order valence-electron chi connectivity index (χ0n) is 12.5. The minimum atomic E-state index is -0.108. The van der Waals surface area contributed by atoms with E-state index in [1.165, 1.54) is 58.5 Å². The second-order valence-corrected chi connectivity index (χ2v) is 4.99. The maximum atomic E-state index is 10.9. The highest BCUT2D eigenvalue weighted by molar-refractivity contribution is 5.68. The summed E-state index contributed by atoms with van der Waals surface area (Å²) in [5.74, 6) is -0.108. The van der Waals surface area contributed by atoms with Crippen molar-refractivity contribution in [1.29, 1.82) is 0 Å². The third kappa shape index (κ3) is 15.1. The van der Waals surface area contributed by atoms with Crippen LogP contribution in [0, 0.1) is 0 Å². The van der Waals surface area contributed by atoms with Gasteiger partial charge in [0.25, 0.3) is 0 Å². The van der Waals surface area contributed by atoms with Gasteiger partial charge in [-0.15, -0.1) is 0 Å². The Balaban J connectivity index is 3.10. The minimum absolute atomic E-state index is 0.108. The Labute approximate surface area is 118 Å². The number of rotatable bonds is 13. The molecule has 0 aromatic heterocycles. The number of unbranched alkanes of at least 4 members (excludes halogenated alkanes) is 8. The van der Waals surface area contributed by atoms with E-state index >= 15 is 0 Å². The lowest BCUT2D eigenvalue weighted by Gasteiger charge is -2.00. The van der Waals surface area contributed by atoms with Crippen LogP contribution in [-0.4, -0.2) is 19.6 Å². The van der Waals surface area contributed by atoms with E-state index < -0.39 is 0 Å². The van der Waals surface area contributed by atoms with Gasteiger partial charge in [0, 0.05) is 6.42 Å². The lowest BCUT2D eigenvalue weighted by molar-refractivity contribution is -0.140. The van der Waals surface area contributed by atoms with Crippen molar-refractivity contribution in [2.45, 2.75) is 70.6 Å². The summed E-state index contributed by atoms with van der Waals surface area (Å²) in [4.78, 5) is 10.9. The number of esters is 1. The SMILES string of the molecule is COC(=O)CCC/C=C\CCCCCCCCCN. The molecule has 3 nitrogen and oxygen atoms in total. The molecule has 112 valence electrons. The van der Waals surface area contributed by atoms with Crippen molar-refractivity contribution in [1.82, 2.24) is 0 Å². The molecule has 0 radical (unpaired) electrons. The maximum Gasteiger partial charge on any atom is 0.305 e. The first-order valence-corrected chi connectivity index (χ1v) is 7.73. The summed E-state index contributed by atoms with van der Waals surface area (Å²) < 4.78 is 4.59. The van der Waals surface area contributed by atoms with E-state index in [9.17, 15) is 4.79 Å². The monoisotopic (exact) mass is 269 g/mol. The number of carbonyl (C=O) groups excluding carboxylic acids is 1. The second kappa shape index (κ2) is 15.2. The molecule has 0 aliphatic carbocycles. The maximum absolute atomic E-state index is 10.9. The van der Waals surface area contributed by atoms with Gasteiger partial charge in [-0.25, -0.2) is 0 Å². The topological polar surface area (TPSA) is 52.3 Å².